The molecule has 1 aromatic carbocycles. The predicted octanol–water partition coefficient (Wildman–Crippen LogP) is 3.25. The minimum atomic E-state index is -1.25. The maximum Gasteiger partial charge on any atom is 0.310 e. The van der Waals surface area contributed by atoms with Crippen LogP contribution in [0.1, 0.15) is 45.1 Å². The van der Waals surface area contributed by atoms with Crippen molar-refractivity contribution in [1.82, 2.24) is 0 Å². The average Bonchev–Trinajstić information content (AvgIpc) is 2.24. The highest BCUT2D eigenvalue weighted by Crippen LogP contribution is 2.24. The first-order valence-corrected chi connectivity index (χ1v) is 6.49. The monoisotopic (exact) mass is 300 g/mol. The van der Waals surface area contributed by atoms with E-state index in [-0.39, 0.29) is 18.4 Å². The molecule has 0 aliphatic rings. The molecule has 1 aromatic rings. The van der Waals surface area contributed by atoms with Crippen molar-refractivity contribution < 1.29 is 28.2 Å². The van der Waals surface area contributed by atoms with Gasteiger partial charge in [-0.15, -0.1) is 0 Å². The highest BCUT2D eigenvalue weighted by atomic mass is 19.1. The standard InChI is InChI=1S/C15H18F2O4/c1-15(2,3)21-13(18)5-4-12(14(19)20)9-6-10(16)8-11(17)7-9/h6-8,12H,4-5H2,1-3H3,(H,19,20). The molecule has 6 heteroatoms. The van der Waals surface area contributed by atoms with Crippen LogP contribution < -0.4 is 0 Å². The third-order valence-electron chi connectivity index (χ3n) is 2.64. The van der Waals surface area contributed by atoms with Gasteiger partial charge in [0.2, 0.25) is 0 Å². The Morgan fingerprint density at radius 2 is 1.71 bits per heavy atom. The topological polar surface area (TPSA) is 63.6 Å². The minimum Gasteiger partial charge on any atom is -0.481 e. The molecular weight excluding hydrogens is 282 g/mol. The number of aliphatic carboxylic acids is 1. The fourth-order valence-electron chi connectivity index (χ4n) is 1.86. The molecule has 0 amide bonds. The second kappa shape index (κ2) is 6.65. The van der Waals surface area contributed by atoms with Gasteiger partial charge in [-0.05, 0) is 44.9 Å². The van der Waals surface area contributed by atoms with Crippen LogP contribution in [0.4, 0.5) is 8.78 Å². The Bertz CT molecular complexity index is 515. The number of carboxylic acids is 1. The highest BCUT2D eigenvalue weighted by Gasteiger charge is 2.24. The van der Waals surface area contributed by atoms with Gasteiger partial charge in [-0.1, -0.05) is 0 Å². The zero-order valence-electron chi connectivity index (χ0n) is 12.2. The van der Waals surface area contributed by atoms with E-state index in [0.717, 1.165) is 12.1 Å². The van der Waals surface area contributed by atoms with Crippen LogP contribution in [0.5, 0.6) is 0 Å². The number of carbonyl (C=O) groups is 2. The number of hydrogen-bond acceptors (Lipinski definition) is 3. The molecule has 1 N–H and O–H groups in total. The summed E-state index contributed by atoms with van der Waals surface area (Å²) >= 11 is 0. The van der Waals surface area contributed by atoms with Crippen molar-refractivity contribution in [3.05, 3.63) is 35.4 Å². The Morgan fingerprint density at radius 3 is 2.14 bits per heavy atom. The van der Waals surface area contributed by atoms with Crippen LogP contribution in [0.3, 0.4) is 0 Å². The van der Waals surface area contributed by atoms with Crippen molar-refractivity contribution in [1.29, 1.82) is 0 Å². The number of carboxylic acid groups (broad SMARTS) is 1. The lowest BCUT2D eigenvalue weighted by molar-refractivity contribution is -0.155. The second-order valence-corrected chi connectivity index (χ2v) is 5.72. The molecule has 0 spiro atoms. The van der Waals surface area contributed by atoms with Crippen molar-refractivity contribution >= 4 is 11.9 Å². The van der Waals surface area contributed by atoms with Crippen molar-refractivity contribution in [3.63, 3.8) is 0 Å². The van der Waals surface area contributed by atoms with E-state index in [4.69, 9.17) is 9.84 Å². The third kappa shape index (κ3) is 5.89. The van der Waals surface area contributed by atoms with Crippen LogP contribution in [0.25, 0.3) is 0 Å². The van der Waals surface area contributed by atoms with Crippen molar-refractivity contribution in [3.8, 4) is 0 Å². The summed E-state index contributed by atoms with van der Waals surface area (Å²) in [4.78, 5) is 22.8. The Balaban J connectivity index is 2.79. The van der Waals surface area contributed by atoms with Crippen LogP contribution >= 0.6 is 0 Å². The van der Waals surface area contributed by atoms with Gasteiger partial charge in [0, 0.05) is 12.5 Å². The van der Waals surface area contributed by atoms with E-state index in [0.29, 0.717) is 6.07 Å². The number of ether oxygens (including phenoxy) is 1. The van der Waals surface area contributed by atoms with Gasteiger partial charge >= 0.3 is 11.9 Å². The largest absolute Gasteiger partial charge is 0.481 e. The molecule has 0 aromatic heterocycles. The maximum atomic E-state index is 13.1. The SMILES string of the molecule is CC(C)(C)OC(=O)CCC(C(=O)O)c1cc(F)cc(F)c1. The van der Waals surface area contributed by atoms with Gasteiger partial charge in [-0.25, -0.2) is 8.78 Å². The van der Waals surface area contributed by atoms with E-state index in [9.17, 15) is 18.4 Å². The fourth-order valence-corrected chi connectivity index (χ4v) is 1.86. The molecule has 0 saturated carbocycles. The maximum absolute atomic E-state index is 13.1. The van der Waals surface area contributed by atoms with Crippen LogP contribution in [0.2, 0.25) is 0 Å². The van der Waals surface area contributed by atoms with Gasteiger partial charge in [0.05, 0.1) is 5.92 Å². The number of carbonyl (C=O) groups excluding carboxylic acids is 1. The molecule has 0 bridgehead atoms. The first kappa shape index (κ1) is 17.1. The summed E-state index contributed by atoms with van der Waals surface area (Å²) in [7, 11) is 0. The van der Waals surface area contributed by atoms with Crippen molar-refractivity contribution in [2.24, 2.45) is 0 Å². The highest BCUT2D eigenvalue weighted by molar-refractivity contribution is 5.77. The quantitative estimate of drug-likeness (QED) is 0.848. The molecule has 116 valence electrons. The smallest absolute Gasteiger partial charge is 0.310 e. The van der Waals surface area contributed by atoms with Crippen molar-refractivity contribution in [2.75, 3.05) is 0 Å². The van der Waals surface area contributed by atoms with Gasteiger partial charge in [0.15, 0.2) is 0 Å². The van der Waals surface area contributed by atoms with Crippen LogP contribution in [-0.4, -0.2) is 22.6 Å². The summed E-state index contributed by atoms with van der Waals surface area (Å²) in [5.74, 6) is -4.67. The zero-order chi connectivity index (χ0) is 16.2. The number of benzene rings is 1. The summed E-state index contributed by atoms with van der Waals surface area (Å²) in [6, 6.07) is 2.57. The van der Waals surface area contributed by atoms with Crippen LogP contribution in [0, 0.1) is 11.6 Å². The summed E-state index contributed by atoms with van der Waals surface area (Å²) in [5.41, 5.74) is -0.676. The summed E-state index contributed by atoms with van der Waals surface area (Å²) in [5, 5.41) is 9.16. The van der Waals surface area contributed by atoms with Crippen LogP contribution in [0.15, 0.2) is 18.2 Å². The average molecular weight is 300 g/mol. The lowest BCUT2D eigenvalue weighted by Gasteiger charge is -2.20. The molecule has 21 heavy (non-hydrogen) atoms. The molecule has 0 heterocycles. The number of hydrogen-bond donors (Lipinski definition) is 1. The van der Waals surface area contributed by atoms with E-state index < -0.39 is 35.1 Å². The summed E-state index contributed by atoms with van der Waals surface area (Å²) < 4.78 is 31.4. The fraction of sp³-hybridized carbons (Fsp3) is 0.467. The molecule has 0 aliphatic carbocycles. The van der Waals surface area contributed by atoms with Crippen molar-refractivity contribution in [2.45, 2.75) is 45.1 Å². The molecule has 0 saturated heterocycles. The van der Waals surface area contributed by atoms with Gasteiger partial charge in [0.1, 0.15) is 17.2 Å². The molecular formula is C15H18F2O4. The second-order valence-electron chi connectivity index (χ2n) is 5.72. The molecule has 0 aliphatic heterocycles. The summed E-state index contributed by atoms with van der Waals surface area (Å²) in [6.07, 6.45) is -0.237. The van der Waals surface area contributed by atoms with Gasteiger partial charge in [0.25, 0.3) is 0 Å². The molecule has 0 fully saturated rings. The Kier molecular flexibility index (Phi) is 5.41. The zero-order valence-corrected chi connectivity index (χ0v) is 12.2. The van der Waals surface area contributed by atoms with E-state index in [1.165, 1.54) is 0 Å². The Hall–Kier alpha value is -1.98. The molecule has 1 rings (SSSR count). The number of esters is 1. The first-order valence-electron chi connectivity index (χ1n) is 6.49. The Labute approximate surface area is 121 Å². The lowest BCUT2D eigenvalue weighted by atomic mass is 9.94. The van der Waals surface area contributed by atoms with Gasteiger partial charge in [-0.3, -0.25) is 9.59 Å². The molecule has 0 radical (unpaired) electrons. The molecule has 4 nitrogen and oxygen atoms in total. The lowest BCUT2D eigenvalue weighted by Crippen LogP contribution is -2.24. The van der Waals surface area contributed by atoms with Crippen LogP contribution in [-0.2, 0) is 14.3 Å². The first-order chi connectivity index (χ1) is 9.58. The van der Waals surface area contributed by atoms with E-state index >= 15 is 0 Å². The third-order valence-corrected chi connectivity index (χ3v) is 2.64. The number of rotatable bonds is 5. The normalized spacial score (nSPS) is 12.8. The summed E-state index contributed by atoms with van der Waals surface area (Å²) in [6.45, 7) is 5.09. The van der Waals surface area contributed by atoms with E-state index in [2.05, 4.69) is 0 Å². The van der Waals surface area contributed by atoms with Gasteiger partial charge < -0.3 is 9.84 Å². The Morgan fingerprint density at radius 1 is 1.19 bits per heavy atom. The van der Waals surface area contributed by atoms with E-state index in [1.54, 1.807) is 20.8 Å². The van der Waals surface area contributed by atoms with Gasteiger partial charge in [-0.2, -0.15) is 0 Å². The molecule has 1 atom stereocenters. The predicted molar refractivity (Wildman–Crippen MR) is 71.8 cm³/mol. The van der Waals surface area contributed by atoms with E-state index in [1.807, 2.05) is 0 Å². The molecule has 1 unspecified atom stereocenters. The number of halogens is 2. The minimum absolute atomic E-state index is 0.0106.